The third kappa shape index (κ3) is 3.40. The molecule has 29 heavy (non-hydrogen) atoms. The fraction of sp³-hybridized carbons (Fsp3) is 0.208. The van der Waals surface area contributed by atoms with Crippen molar-refractivity contribution < 1.29 is 9.32 Å². The molecule has 4 aromatic rings. The van der Waals surface area contributed by atoms with E-state index >= 15 is 0 Å². The summed E-state index contributed by atoms with van der Waals surface area (Å²) < 4.78 is 5.53. The summed E-state index contributed by atoms with van der Waals surface area (Å²) in [5.41, 5.74) is 1.72. The minimum Gasteiger partial charge on any atom is -0.339 e. The lowest BCUT2D eigenvalue weighted by atomic mass is 9.95. The zero-order valence-corrected chi connectivity index (χ0v) is 16.0. The molecule has 1 aromatic heterocycles. The van der Waals surface area contributed by atoms with E-state index in [0.29, 0.717) is 24.8 Å². The Morgan fingerprint density at radius 1 is 0.897 bits per heavy atom. The Morgan fingerprint density at radius 2 is 1.62 bits per heavy atom. The molecule has 5 heteroatoms. The first-order chi connectivity index (χ1) is 14.3. The first kappa shape index (κ1) is 17.6. The SMILES string of the molecule is O=C(c1cccc2ccccc12)N1CCC(c2nc(-c3ccccc3)no2)CC1. The summed E-state index contributed by atoms with van der Waals surface area (Å²) >= 11 is 0. The molecule has 0 atom stereocenters. The highest BCUT2D eigenvalue weighted by molar-refractivity contribution is 6.07. The third-order valence-electron chi connectivity index (χ3n) is 5.63. The summed E-state index contributed by atoms with van der Waals surface area (Å²) in [5, 5.41) is 6.23. The molecule has 5 rings (SSSR count). The van der Waals surface area contributed by atoms with E-state index in [9.17, 15) is 4.79 Å². The van der Waals surface area contributed by atoms with Crippen molar-refractivity contribution in [1.82, 2.24) is 15.0 Å². The Kier molecular flexibility index (Phi) is 4.56. The number of piperidine rings is 1. The maximum Gasteiger partial charge on any atom is 0.254 e. The van der Waals surface area contributed by atoms with E-state index in [1.165, 1.54) is 0 Å². The van der Waals surface area contributed by atoms with Crippen LogP contribution in [0.15, 0.2) is 77.3 Å². The van der Waals surface area contributed by atoms with Crippen LogP contribution in [0, 0.1) is 0 Å². The van der Waals surface area contributed by atoms with Crippen molar-refractivity contribution in [3.05, 3.63) is 84.3 Å². The van der Waals surface area contributed by atoms with Crippen molar-refractivity contribution in [2.75, 3.05) is 13.1 Å². The van der Waals surface area contributed by atoms with E-state index in [2.05, 4.69) is 10.1 Å². The van der Waals surface area contributed by atoms with Crippen molar-refractivity contribution in [3.8, 4) is 11.4 Å². The summed E-state index contributed by atoms with van der Waals surface area (Å²) in [5.74, 6) is 1.57. The molecule has 0 saturated carbocycles. The van der Waals surface area contributed by atoms with Gasteiger partial charge in [0.15, 0.2) is 0 Å². The first-order valence-corrected chi connectivity index (χ1v) is 9.95. The lowest BCUT2D eigenvalue weighted by molar-refractivity contribution is 0.0706. The maximum atomic E-state index is 13.1. The second kappa shape index (κ2) is 7.51. The summed E-state index contributed by atoms with van der Waals surface area (Å²) in [7, 11) is 0. The van der Waals surface area contributed by atoms with Gasteiger partial charge in [-0.2, -0.15) is 4.98 Å². The molecule has 5 nitrogen and oxygen atoms in total. The van der Waals surface area contributed by atoms with Crippen LogP contribution in [0.5, 0.6) is 0 Å². The van der Waals surface area contributed by atoms with E-state index < -0.39 is 0 Å². The van der Waals surface area contributed by atoms with Crippen molar-refractivity contribution in [1.29, 1.82) is 0 Å². The number of fused-ring (bicyclic) bond motifs is 1. The molecule has 1 aliphatic rings. The minimum atomic E-state index is 0.0933. The molecule has 2 heterocycles. The lowest BCUT2D eigenvalue weighted by Crippen LogP contribution is -2.38. The van der Waals surface area contributed by atoms with Gasteiger partial charge in [-0.1, -0.05) is 71.9 Å². The standard InChI is InChI=1S/C24H21N3O2/c28-24(21-12-6-10-17-7-4-5-11-20(17)21)27-15-13-19(14-16-27)23-25-22(26-29-23)18-8-2-1-3-9-18/h1-12,19H,13-16H2. The summed E-state index contributed by atoms with van der Waals surface area (Å²) in [6, 6.07) is 23.8. The van der Waals surface area contributed by atoms with Crippen LogP contribution in [-0.4, -0.2) is 34.0 Å². The smallest absolute Gasteiger partial charge is 0.254 e. The molecule has 144 valence electrons. The molecule has 0 bridgehead atoms. The molecule has 0 aliphatic carbocycles. The van der Waals surface area contributed by atoms with Crippen LogP contribution in [0.1, 0.15) is 35.0 Å². The molecule has 1 aliphatic heterocycles. The van der Waals surface area contributed by atoms with Crippen LogP contribution in [0.4, 0.5) is 0 Å². The predicted molar refractivity (Wildman–Crippen MR) is 112 cm³/mol. The lowest BCUT2D eigenvalue weighted by Gasteiger charge is -2.30. The van der Waals surface area contributed by atoms with Gasteiger partial charge in [0.25, 0.3) is 5.91 Å². The molecule has 0 radical (unpaired) electrons. The fourth-order valence-corrected chi connectivity index (χ4v) is 4.02. The number of hydrogen-bond donors (Lipinski definition) is 0. The first-order valence-electron chi connectivity index (χ1n) is 9.95. The number of aromatic nitrogens is 2. The summed E-state index contributed by atoms with van der Waals surface area (Å²) in [4.78, 5) is 19.6. The molecule has 0 spiro atoms. The van der Waals surface area contributed by atoms with E-state index in [0.717, 1.165) is 34.7 Å². The normalized spacial score (nSPS) is 15.0. The second-order valence-corrected chi connectivity index (χ2v) is 7.42. The van der Waals surface area contributed by atoms with Crippen LogP contribution in [0.25, 0.3) is 22.2 Å². The highest BCUT2D eigenvalue weighted by Crippen LogP contribution is 2.30. The Labute approximate surface area is 169 Å². The predicted octanol–water partition coefficient (Wildman–Crippen LogP) is 4.91. The van der Waals surface area contributed by atoms with Gasteiger partial charge in [0.2, 0.25) is 11.7 Å². The second-order valence-electron chi connectivity index (χ2n) is 7.42. The Hall–Kier alpha value is -3.47. The maximum absolute atomic E-state index is 13.1. The van der Waals surface area contributed by atoms with Crippen LogP contribution in [0.2, 0.25) is 0 Å². The number of likely N-dealkylation sites (tertiary alicyclic amines) is 1. The quantitative estimate of drug-likeness (QED) is 0.504. The highest BCUT2D eigenvalue weighted by atomic mass is 16.5. The molecule has 3 aromatic carbocycles. The number of amides is 1. The van der Waals surface area contributed by atoms with Gasteiger partial charge in [-0.3, -0.25) is 4.79 Å². The molecular weight excluding hydrogens is 362 g/mol. The number of benzene rings is 3. The number of carbonyl (C=O) groups is 1. The van der Waals surface area contributed by atoms with Gasteiger partial charge < -0.3 is 9.42 Å². The van der Waals surface area contributed by atoms with Gasteiger partial charge in [0, 0.05) is 30.1 Å². The van der Waals surface area contributed by atoms with Gasteiger partial charge in [0.05, 0.1) is 0 Å². The van der Waals surface area contributed by atoms with Crippen molar-refractivity contribution >= 4 is 16.7 Å². The molecule has 1 amide bonds. The number of hydrogen-bond acceptors (Lipinski definition) is 4. The van der Waals surface area contributed by atoms with Crippen LogP contribution in [-0.2, 0) is 0 Å². The number of rotatable bonds is 3. The molecule has 1 saturated heterocycles. The van der Waals surface area contributed by atoms with Crippen LogP contribution in [0.3, 0.4) is 0 Å². The van der Waals surface area contributed by atoms with Crippen molar-refractivity contribution in [2.45, 2.75) is 18.8 Å². The van der Waals surface area contributed by atoms with E-state index in [-0.39, 0.29) is 11.8 Å². The molecule has 0 N–H and O–H groups in total. The average molecular weight is 383 g/mol. The molecule has 1 fully saturated rings. The van der Waals surface area contributed by atoms with E-state index in [4.69, 9.17) is 4.52 Å². The third-order valence-corrected chi connectivity index (χ3v) is 5.63. The van der Waals surface area contributed by atoms with Gasteiger partial charge in [-0.25, -0.2) is 0 Å². The van der Waals surface area contributed by atoms with Gasteiger partial charge in [0.1, 0.15) is 0 Å². The Morgan fingerprint density at radius 3 is 2.45 bits per heavy atom. The Balaban J connectivity index is 1.29. The zero-order chi connectivity index (χ0) is 19.6. The number of nitrogens with zero attached hydrogens (tertiary/aromatic N) is 3. The topological polar surface area (TPSA) is 59.2 Å². The van der Waals surface area contributed by atoms with Gasteiger partial charge in [-0.05, 0) is 29.7 Å². The monoisotopic (exact) mass is 383 g/mol. The average Bonchev–Trinajstić information content (AvgIpc) is 3.29. The van der Waals surface area contributed by atoms with Crippen LogP contribution < -0.4 is 0 Å². The van der Waals surface area contributed by atoms with E-state index in [1.807, 2.05) is 77.7 Å². The van der Waals surface area contributed by atoms with Crippen molar-refractivity contribution in [3.63, 3.8) is 0 Å². The minimum absolute atomic E-state index is 0.0933. The van der Waals surface area contributed by atoms with Crippen LogP contribution >= 0.6 is 0 Å². The zero-order valence-electron chi connectivity index (χ0n) is 16.0. The summed E-state index contributed by atoms with van der Waals surface area (Å²) in [6.07, 6.45) is 1.65. The highest BCUT2D eigenvalue weighted by Gasteiger charge is 2.28. The number of carbonyl (C=O) groups excluding carboxylic acids is 1. The molecular formula is C24H21N3O2. The summed E-state index contributed by atoms with van der Waals surface area (Å²) in [6.45, 7) is 1.38. The largest absolute Gasteiger partial charge is 0.339 e. The van der Waals surface area contributed by atoms with Gasteiger partial charge in [-0.15, -0.1) is 0 Å². The Bertz CT molecular complexity index is 1140. The fourth-order valence-electron chi connectivity index (χ4n) is 4.02. The van der Waals surface area contributed by atoms with Crippen molar-refractivity contribution in [2.24, 2.45) is 0 Å². The van der Waals surface area contributed by atoms with Gasteiger partial charge >= 0.3 is 0 Å². The van der Waals surface area contributed by atoms with E-state index in [1.54, 1.807) is 0 Å². The molecule has 0 unspecified atom stereocenters.